The molecule has 2 unspecified atom stereocenters. The van der Waals surface area contributed by atoms with Crippen LogP contribution in [-0.2, 0) is 0 Å². The summed E-state index contributed by atoms with van der Waals surface area (Å²) in [5.41, 5.74) is -0.187. The number of amides is 1. The van der Waals surface area contributed by atoms with E-state index >= 15 is 0 Å². The maximum atomic E-state index is 13.9. The summed E-state index contributed by atoms with van der Waals surface area (Å²) in [5, 5.41) is 8.97. The standard InChI is InChI=1S/C22H19F5N4O3/c1-33-17-6-3-11(7-18(17)34-2)15-9-19(22(25,26)27)31-20(28-15)10-16(30-31)21(32)29-14-5-4-12(23)8-13(14)24/h3-8,10,15,19,28H,9H2,1-2H3,(H,29,32). The van der Waals surface area contributed by atoms with Gasteiger partial charge in [-0.2, -0.15) is 18.3 Å². The van der Waals surface area contributed by atoms with Crippen molar-refractivity contribution in [2.45, 2.75) is 24.7 Å². The first-order valence-corrected chi connectivity index (χ1v) is 10.0. The van der Waals surface area contributed by atoms with E-state index in [-0.39, 0.29) is 17.2 Å². The summed E-state index contributed by atoms with van der Waals surface area (Å²) in [6, 6.07) is 5.62. The molecule has 0 saturated heterocycles. The molecule has 1 aliphatic rings. The van der Waals surface area contributed by atoms with Crippen molar-refractivity contribution >= 4 is 17.4 Å². The van der Waals surface area contributed by atoms with Crippen LogP contribution >= 0.6 is 0 Å². The lowest BCUT2D eigenvalue weighted by atomic mass is 9.96. The Kier molecular flexibility index (Phi) is 6.07. The molecule has 2 atom stereocenters. The molecule has 0 fully saturated rings. The molecule has 2 heterocycles. The lowest BCUT2D eigenvalue weighted by Crippen LogP contribution is -2.35. The molecular formula is C22H19F5N4O3. The van der Waals surface area contributed by atoms with Crippen molar-refractivity contribution in [3.8, 4) is 11.5 Å². The van der Waals surface area contributed by atoms with Crippen LogP contribution in [0.3, 0.4) is 0 Å². The number of carbonyl (C=O) groups excluding carboxylic acids is 1. The molecule has 0 spiro atoms. The van der Waals surface area contributed by atoms with Gasteiger partial charge in [-0.25, -0.2) is 13.5 Å². The number of rotatable bonds is 5. The van der Waals surface area contributed by atoms with E-state index in [4.69, 9.17) is 9.47 Å². The second-order valence-corrected chi connectivity index (χ2v) is 7.54. The molecule has 1 aliphatic heterocycles. The van der Waals surface area contributed by atoms with Crippen molar-refractivity contribution in [2.75, 3.05) is 24.9 Å². The van der Waals surface area contributed by atoms with E-state index in [2.05, 4.69) is 15.7 Å². The van der Waals surface area contributed by atoms with E-state index in [1.807, 2.05) is 0 Å². The molecule has 0 radical (unpaired) electrons. The Hall–Kier alpha value is -3.83. The summed E-state index contributed by atoms with van der Waals surface area (Å²) in [7, 11) is 2.86. The summed E-state index contributed by atoms with van der Waals surface area (Å²) >= 11 is 0. The Labute approximate surface area is 190 Å². The third kappa shape index (κ3) is 4.47. The highest BCUT2D eigenvalue weighted by Crippen LogP contribution is 2.44. The molecule has 4 rings (SSSR count). The number of hydrogen-bond donors (Lipinski definition) is 2. The van der Waals surface area contributed by atoms with Crippen LogP contribution in [0.1, 0.15) is 34.6 Å². The number of methoxy groups -OCH3 is 2. The molecule has 0 bridgehead atoms. The van der Waals surface area contributed by atoms with Gasteiger partial charge in [0.15, 0.2) is 23.2 Å². The van der Waals surface area contributed by atoms with Gasteiger partial charge in [0, 0.05) is 18.6 Å². The van der Waals surface area contributed by atoms with Gasteiger partial charge in [-0.05, 0) is 29.8 Å². The van der Waals surface area contributed by atoms with E-state index in [0.717, 1.165) is 18.2 Å². The highest BCUT2D eigenvalue weighted by atomic mass is 19.4. The number of nitrogens with zero attached hydrogens (tertiary/aromatic N) is 2. The van der Waals surface area contributed by atoms with Crippen molar-refractivity contribution in [3.05, 3.63) is 65.4 Å². The lowest BCUT2D eigenvalue weighted by molar-refractivity contribution is -0.173. The fraction of sp³-hybridized carbons (Fsp3) is 0.273. The number of nitrogens with one attached hydrogen (secondary N) is 2. The predicted octanol–water partition coefficient (Wildman–Crippen LogP) is 5.09. The van der Waals surface area contributed by atoms with Gasteiger partial charge >= 0.3 is 6.18 Å². The zero-order chi connectivity index (χ0) is 24.6. The van der Waals surface area contributed by atoms with Crippen LogP contribution in [0.15, 0.2) is 42.5 Å². The Bertz CT molecular complexity index is 1230. The topological polar surface area (TPSA) is 77.4 Å². The van der Waals surface area contributed by atoms with E-state index < -0.39 is 42.2 Å². The molecule has 34 heavy (non-hydrogen) atoms. The average molecular weight is 482 g/mol. The first-order chi connectivity index (χ1) is 16.1. The van der Waals surface area contributed by atoms with Gasteiger partial charge in [0.2, 0.25) is 0 Å². The van der Waals surface area contributed by atoms with Crippen molar-refractivity contribution in [1.29, 1.82) is 0 Å². The van der Waals surface area contributed by atoms with Gasteiger partial charge < -0.3 is 20.1 Å². The van der Waals surface area contributed by atoms with Crippen molar-refractivity contribution in [2.24, 2.45) is 0 Å². The maximum absolute atomic E-state index is 13.9. The van der Waals surface area contributed by atoms with E-state index in [1.165, 1.54) is 14.2 Å². The van der Waals surface area contributed by atoms with Crippen LogP contribution < -0.4 is 20.1 Å². The monoisotopic (exact) mass is 482 g/mol. The summed E-state index contributed by atoms with van der Waals surface area (Å²) in [5.74, 6) is -2.09. The number of aromatic nitrogens is 2. The van der Waals surface area contributed by atoms with E-state index in [1.54, 1.807) is 18.2 Å². The molecule has 0 aliphatic carbocycles. The molecule has 3 aromatic rings. The van der Waals surface area contributed by atoms with Gasteiger partial charge in [-0.15, -0.1) is 0 Å². The van der Waals surface area contributed by atoms with Crippen LogP contribution in [0.2, 0.25) is 0 Å². The van der Waals surface area contributed by atoms with Gasteiger partial charge in [-0.1, -0.05) is 6.07 Å². The summed E-state index contributed by atoms with van der Waals surface area (Å²) < 4.78 is 79.8. The minimum atomic E-state index is -4.66. The second kappa shape index (κ2) is 8.84. The number of hydrogen-bond acceptors (Lipinski definition) is 5. The number of halogens is 5. The van der Waals surface area contributed by atoms with Crippen molar-refractivity contribution in [3.63, 3.8) is 0 Å². The molecule has 0 saturated carbocycles. The first kappa shape index (κ1) is 23.3. The molecule has 2 aromatic carbocycles. The summed E-state index contributed by atoms with van der Waals surface area (Å²) in [4.78, 5) is 12.5. The van der Waals surface area contributed by atoms with Gasteiger partial charge in [-0.3, -0.25) is 4.79 Å². The highest BCUT2D eigenvalue weighted by Gasteiger charge is 2.47. The van der Waals surface area contributed by atoms with Crippen LogP contribution in [0.5, 0.6) is 11.5 Å². The summed E-state index contributed by atoms with van der Waals surface area (Å²) in [6.07, 6.45) is -5.06. The molecular weight excluding hydrogens is 463 g/mol. The lowest BCUT2D eigenvalue weighted by Gasteiger charge is -2.33. The van der Waals surface area contributed by atoms with Gasteiger partial charge in [0.05, 0.1) is 25.9 Å². The molecule has 7 nitrogen and oxygen atoms in total. The van der Waals surface area contributed by atoms with Crippen LogP contribution in [-0.4, -0.2) is 36.1 Å². The first-order valence-electron chi connectivity index (χ1n) is 10.0. The molecule has 1 aromatic heterocycles. The molecule has 2 N–H and O–H groups in total. The van der Waals surface area contributed by atoms with E-state index in [0.29, 0.717) is 27.8 Å². The number of ether oxygens (including phenoxy) is 2. The molecule has 12 heteroatoms. The zero-order valence-electron chi connectivity index (χ0n) is 17.9. The third-order valence-corrected chi connectivity index (χ3v) is 5.41. The smallest absolute Gasteiger partial charge is 0.410 e. The normalized spacial score (nSPS) is 17.5. The fourth-order valence-electron chi connectivity index (χ4n) is 3.75. The maximum Gasteiger partial charge on any atom is 0.410 e. The van der Waals surface area contributed by atoms with Gasteiger partial charge in [0.1, 0.15) is 17.5 Å². The minimum absolute atomic E-state index is 0.0434. The number of fused-ring (bicyclic) bond motifs is 1. The van der Waals surface area contributed by atoms with Crippen molar-refractivity contribution < 1.29 is 36.2 Å². The Balaban J connectivity index is 1.65. The number of anilines is 2. The summed E-state index contributed by atoms with van der Waals surface area (Å²) in [6.45, 7) is 0. The average Bonchev–Trinajstić information content (AvgIpc) is 3.23. The van der Waals surface area contributed by atoms with Gasteiger partial charge in [0.25, 0.3) is 5.91 Å². The number of alkyl halides is 3. The largest absolute Gasteiger partial charge is 0.493 e. The zero-order valence-corrected chi connectivity index (χ0v) is 17.9. The fourth-order valence-corrected chi connectivity index (χ4v) is 3.75. The predicted molar refractivity (Wildman–Crippen MR) is 112 cm³/mol. The SMILES string of the molecule is COc1ccc(C2CC(C(F)(F)F)n3nc(C(=O)Nc4ccc(F)cc4F)cc3N2)cc1OC. The quantitative estimate of drug-likeness (QED) is 0.496. The highest BCUT2D eigenvalue weighted by molar-refractivity contribution is 6.03. The minimum Gasteiger partial charge on any atom is -0.493 e. The Morgan fingerprint density at radius 1 is 1.09 bits per heavy atom. The molecule has 1 amide bonds. The second-order valence-electron chi connectivity index (χ2n) is 7.54. The Morgan fingerprint density at radius 3 is 2.47 bits per heavy atom. The third-order valence-electron chi connectivity index (χ3n) is 5.41. The number of carbonyl (C=O) groups is 1. The number of benzene rings is 2. The van der Waals surface area contributed by atoms with Crippen LogP contribution in [0, 0.1) is 11.6 Å². The van der Waals surface area contributed by atoms with E-state index in [9.17, 15) is 26.7 Å². The van der Waals surface area contributed by atoms with Crippen LogP contribution in [0.4, 0.5) is 33.5 Å². The van der Waals surface area contributed by atoms with Crippen molar-refractivity contribution in [1.82, 2.24) is 9.78 Å². The Morgan fingerprint density at radius 2 is 1.82 bits per heavy atom. The molecule has 180 valence electrons. The van der Waals surface area contributed by atoms with Crippen LogP contribution in [0.25, 0.3) is 0 Å².